The molecule has 31 heavy (non-hydrogen) atoms. The molecule has 0 atom stereocenters. The van der Waals surface area contributed by atoms with Crippen LogP contribution in [0.25, 0.3) is 11.3 Å². The van der Waals surface area contributed by atoms with Gasteiger partial charge in [-0.1, -0.05) is 36.8 Å². The fourth-order valence-corrected chi connectivity index (χ4v) is 3.51. The second-order valence-corrected chi connectivity index (χ2v) is 7.92. The SMILES string of the molecule is CCC(=O)Nc1ccc(-c2cc(C3CC3)n(C(=O)NCc3cccc(C)c3)n2)c(O)c1. The Morgan fingerprint density at radius 1 is 1.16 bits per heavy atom. The lowest BCUT2D eigenvalue weighted by atomic mass is 10.1. The van der Waals surface area contributed by atoms with Crippen LogP contribution >= 0.6 is 0 Å². The van der Waals surface area contributed by atoms with Crippen LogP contribution in [0.4, 0.5) is 10.5 Å². The molecule has 0 saturated heterocycles. The molecule has 1 fully saturated rings. The number of aryl methyl sites for hydroxylation is 1. The van der Waals surface area contributed by atoms with Crippen LogP contribution in [0.2, 0.25) is 0 Å². The molecule has 1 aliphatic carbocycles. The Morgan fingerprint density at radius 3 is 2.65 bits per heavy atom. The molecule has 3 aromatic rings. The normalized spacial score (nSPS) is 13.1. The number of phenolic OH excluding ortho intramolecular Hbond substituents is 1. The smallest absolute Gasteiger partial charge is 0.342 e. The standard InChI is InChI=1S/C24H26N4O3/c1-3-23(30)26-18-9-10-19(22(29)12-18)20-13-21(17-7-8-17)28(27-20)24(31)25-14-16-6-4-5-15(2)11-16/h4-6,9-13,17,29H,3,7-8,14H2,1-2H3,(H,25,31)(H,26,30). The summed E-state index contributed by atoms with van der Waals surface area (Å²) in [7, 11) is 0. The number of rotatable bonds is 6. The molecule has 3 N–H and O–H groups in total. The molecule has 0 spiro atoms. The lowest BCUT2D eigenvalue weighted by molar-refractivity contribution is -0.115. The van der Waals surface area contributed by atoms with Crippen molar-refractivity contribution in [2.24, 2.45) is 0 Å². The minimum absolute atomic E-state index is 0.000990. The fourth-order valence-electron chi connectivity index (χ4n) is 3.51. The minimum atomic E-state index is -0.291. The van der Waals surface area contributed by atoms with Crippen molar-refractivity contribution in [1.29, 1.82) is 0 Å². The number of hydrogen-bond donors (Lipinski definition) is 3. The van der Waals surface area contributed by atoms with Crippen LogP contribution in [-0.4, -0.2) is 26.8 Å². The Labute approximate surface area is 181 Å². The molecule has 0 radical (unpaired) electrons. The number of anilines is 1. The van der Waals surface area contributed by atoms with Gasteiger partial charge in [-0.15, -0.1) is 0 Å². The number of nitrogens with zero attached hydrogens (tertiary/aromatic N) is 2. The van der Waals surface area contributed by atoms with Gasteiger partial charge >= 0.3 is 6.03 Å². The molecule has 1 aromatic heterocycles. The van der Waals surface area contributed by atoms with Crippen LogP contribution in [-0.2, 0) is 11.3 Å². The molecule has 0 bridgehead atoms. The molecule has 7 nitrogen and oxygen atoms in total. The van der Waals surface area contributed by atoms with Crippen molar-refractivity contribution in [3.63, 3.8) is 0 Å². The zero-order chi connectivity index (χ0) is 22.0. The molecule has 1 aliphatic rings. The maximum Gasteiger partial charge on any atom is 0.342 e. The lowest BCUT2D eigenvalue weighted by Gasteiger charge is -2.08. The summed E-state index contributed by atoms with van der Waals surface area (Å²) in [5, 5.41) is 20.7. The molecule has 1 heterocycles. The summed E-state index contributed by atoms with van der Waals surface area (Å²) in [5.74, 6) is 0.176. The zero-order valence-corrected chi connectivity index (χ0v) is 17.7. The van der Waals surface area contributed by atoms with E-state index in [1.165, 1.54) is 10.7 Å². The van der Waals surface area contributed by atoms with E-state index in [1.807, 2.05) is 37.3 Å². The Hall–Kier alpha value is -3.61. The highest BCUT2D eigenvalue weighted by molar-refractivity contribution is 5.91. The molecular formula is C24H26N4O3. The number of amides is 2. The third-order valence-corrected chi connectivity index (χ3v) is 5.33. The first-order valence-corrected chi connectivity index (χ1v) is 10.5. The summed E-state index contributed by atoms with van der Waals surface area (Å²) in [6.45, 7) is 4.19. The van der Waals surface area contributed by atoms with E-state index in [-0.39, 0.29) is 17.7 Å². The summed E-state index contributed by atoms with van der Waals surface area (Å²) < 4.78 is 1.41. The second kappa shape index (κ2) is 8.63. The van der Waals surface area contributed by atoms with Crippen molar-refractivity contribution in [3.05, 3.63) is 65.4 Å². The molecule has 7 heteroatoms. The van der Waals surface area contributed by atoms with E-state index in [0.717, 1.165) is 29.7 Å². The maximum absolute atomic E-state index is 12.9. The third-order valence-electron chi connectivity index (χ3n) is 5.33. The van der Waals surface area contributed by atoms with Gasteiger partial charge in [0.2, 0.25) is 5.91 Å². The summed E-state index contributed by atoms with van der Waals surface area (Å²) in [4.78, 5) is 24.5. The molecule has 2 amide bonds. The molecule has 1 saturated carbocycles. The van der Waals surface area contributed by atoms with Gasteiger partial charge in [0.05, 0.1) is 11.4 Å². The largest absolute Gasteiger partial charge is 0.507 e. The number of phenols is 1. The van der Waals surface area contributed by atoms with Gasteiger partial charge in [0.15, 0.2) is 0 Å². The Morgan fingerprint density at radius 2 is 1.97 bits per heavy atom. The van der Waals surface area contributed by atoms with Crippen LogP contribution in [0.15, 0.2) is 48.5 Å². The number of carbonyl (C=O) groups is 2. The molecule has 0 unspecified atom stereocenters. The highest BCUT2D eigenvalue weighted by Gasteiger charge is 2.30. The van der Waals surface area contributed by atoms with Crippen LogP contribution in [0.5, 0.6) is 5.75 Å². The van der Waals surface area contributed by atoms with Crippen molar-refractivity contribution in [2.75, 3.05) is 5.32 Å². The quantitative estimate of drug-likeness (QED) is 0.547. The van der Waals surface area contributed by atoms with Crippen LogP contribution in [0.1, 0.15) is 48.9 Å². The molecule has 2 aromatic carbocycles. The molecule has 0 aliphatic heterocycles. The Kier molecular flexibility index (Phi) is 5.75. The monoisotopic (exact) mass is 418 g/mol. The number of aromatic nitrogens is 2. The third kappa shape index (κ3) is 4.77. The van der Waals surface area contributed by atoms with Gasteiger partial charge in [-0.05, 0) is 43.5 Å². The molecule has 4 rings (SSSR count). The van der Waals surface area contributed by atoms with Crippen molar-refractivity contribution in [2.45, 2.75) is 45.6 Å². The number of nitrogens with one attached hydrogen (secondary N) is 2. The maximum atomic E-state index is 12.9. The van der Waals surface area contributed by atoms with Gasteiger partial charge < -0.3 is 15.7 Å². The number of benzene rings is 2. The summed E-state index contributed by atoms with van der Waals surface area (Å²) in [5.41, 5.74) is 4.57. The van der Waals surface area contributed by atoms with Crippen molar-refractivity contribution in [3.8, 4) is 17.0 Å². The van der Waals surface area contributed by atoms with Crippen molar-refractivity contribution in [1.82, 2.24) is 15.1 Å². The van der Waals surface area contributed by atoms with Gasteiger partial charge in [-0.2, -0.15) is 9.78 Å². The van der Waals surface area contributed by atoms with Crippen LogP contribution in [0, 0.1) is 6.92 Å². The highest BCUT2D eigenvalue weighted by Crippen LogP contribution is 2.42. The van der Waals surface area contributed by atoms with E-state index in [2.05, 4.69) is 15.7 Å². The van der Waals surface area contributed by atoms with Crippen LogP contribution < -0.4 is 10.6 Å². The highest BCUT2D eigenvalue weighted by atomic mass is 16.3. The zero-order valence-electron chi connectivity index (χ0n) is 17.7. The summed E-state index contributed by atoms with van der Waals surface area (Å²) >= 11 is 0. The van der Waals surface area contributed by atoms with Gasteiger partial charge in [-0.25, -0.2) is 4.79 Å². The number of aromatic hydroxyl groups is 1. The van der Waals surface area contributed by atoms with Crippen LogP contribution in [0.3, 0.4) is 0 Å². The summed E-state index contributed by atoms with van der Waals surface area (Å²) in [6, 6.07) is 14.5. The topological polar surface area (TPSA) is 96.3 Å². The van der Waals surface area contributed by atoms with E-state index in [1.54, 1.807) is 19.1 Å². The predicted molar refractivity (Wildman–Crippen MR) is 119 cm³/mol. The predicted octanol–water partition coefficient (Wildman–Crippen LogP) is 4.55. The average molecular weight is 418 g/mol. The van der Waals surface area contributed by atoms with E-state index < -0.39 is 0 Å². The Bertz CT molecular complexity index is 1130. The van der Waals surface area contributed by atoms with Crippen molar-refractivity contribution < 1.29 is 14.7 Å². The average Bonchev–Trinajstić information content (AvgIpc) is 3.50. The summed E-state index contributed by atoms with van der Waals surface area (Å²) in [6.07, 6.45) is 2.39. The first-order chi connectivity index (χ1) is 14.9. The van der Waals surface area contributed by atoms with E-state index in [9.17, 15) is 14.7 Å². The first-order valence-electron chi connectivity index (χ1n) is 10.5. The second-order valence-electron chi connectivity index (χ2n) is 7.92. The van der Waals surface area contributed by atoms with E-state index in [0.29, 0.717) is 35.8 Å². The fraction of sp³-hybridized carbons (Fsp3) is 0.292. The minimum Gasteiger partial charge on any atom is -0.507 e. The van der Waals surface area contributed by atoms with E-state index >= 15 is 0 Å². The number of hydrogen-bond acceptors (Lipinski definition) is 4. The van der Waals surface area contributed by atoms with E-state index in [4.69, 9.17) is 0 Å². The molecular weight excluding hydrogens is 392 g/mol. The van der Waals surface area contributed by atoms with Gasteiger partial charge in [-0.3, -0.25) is 4.79 Å². The molecule has 160 valence electrons. The van der Waals surface area contributed by atoms with Gasteiger partial charge in [0.25, 0.3) is 0 Å². The lowest BCUT2D eigenvalue weighted by Crippen LogP contribution is -2.30. The first kappa shape index (κ1) is 20.7. The van der Waals surface area contributed by atoms with Gasteiger partial charge in [0, 0.05) is 36.2 Å². The number of carbonyl (C=O) groups excluding carboxylic acids is 2. The Balaban J connectivity index is 1.56. The van der Waals surface area contributed by atoms with Gasteiger partial charge in [0.1, 0.15) is 5.75 Å². The van der Waals surface area contributed by atoms with Crippen molar-refractivity contribution >= 4 is 17.6 Å².